The van der Waals surface area contributed by atoms with Gasteiger partial charge in [0.15, 0.2) is 0 Å². The molecule has 0 aromatic heterocycles. The quantitative estimate of drug-likeness (QED) is 0.790. The third-order valence-corrected chi connectivity index (χ3v) is 5.11. The normalized spacial score (nSPS) is 30.4. The van der Waals surface area contributed by atoms with Crippen LogP contribution in [0.25, 0.3) is 0 Å². The molecule has 2 atom stereocenters. The van der Waals surface area contributed by atoms with E-state index in [1.54, 1.807) is 0 Å². The molecule has 2 aliphatic rings. The minimum Gasteiger partial charge on any atom is -0.507 e. The van der Waals surface area contributed by atoms with E-state index in [1.807, 2.05) is 31.3 Å². The average molecular weight is 271 g/mol. The summed E-state index contributed by atoms with van der Waals surface area (Å²) in [5, 5.41) is 10.1. The largest absolute Gasteiger partial charge is 0.507 e. The maximum absolute atomic E-state index is 10.1. The lowest BCUT2D eigenvalue weighted by Crippen LogP contribution is -2.14. The number of hydrogen-bond donors (Lipinski definition) is 1. The van der Waals surface area contributed by atoms with Gasteiger partial charge in [0.2, 0.25) is 0 Å². The van der Waals surface area contributed by atoms with E-state index >= 15 is 0 Å². The van der Waals surface area contributed by atoms with Gasteiger partial charge in [0.1, 0.15) is 5.75 Å². The van der Waals surface area contributed by atoms with Crippen LogP contribution in [-0.2, 0) is 0 Å². The Kier molecular flexibility index (Phi) is 4.09. The van der Waals surface area contributed by atoms with Gasteiger partial charge in [-0.2, -0.15) is 0 Å². The smallest absolute Gasteiger partial charge is 0.127 e. The van der Waals surface area contributed by atoms with Crippen molar-refractivity contribution in [2.24, 2.45) is 16.8 Å². The number of rotatable bonds is 2. The molecule has 2 fully saturated rings. The lowest BCUT2D eigenvalue weighted by Gasteiger charge is -2.21. The Labute approximate surface area is 121 Å². The molecule has 1 aromatic carbocycles. The van der Waals surface area contributed by atoms with Crippen molar-refractivity contribution in [1.82, 2.24) is 0 Å². The fourth-order valence-electron chi connectivity index (χ4n) is 3.89. The van der Waals surface area contributed by atoms with E-state index in [1.165, 1.54) is 44.9 Å². The SMILES string of the molecule is Cc1cccc(C=NC2CC3CCCC(CC3)C2)c1O. The Morgan fingerprint density at radius 3 is 2.50 bits per heavy atom. The summed E-state index contributed by atoms with van der Waals surface area (Å²) in [5.74, 6) is 2.15. The molecule has 2 bridgehead atoms. The van der Waals surface area contributed by atoms with Crippen molar-refractivity contribution in [3.8, 4) is 5.75 Å². The number of aromatic hydroxyl groups is 1. The molecule has 108 valence electrons. The summed E-state index contributed by atoms with van der Waals surface area (Å²) in [5.41, 5.74) is 1.78. The first kappa shape index (κ1) is 13.7. The number of phenols is 1. The maximum Gasteiger partial charge on any atom is 0.127 e. The molecule has 0 spiro atoms. The van der Waals surface area contributed by atoms with E-state index in [9.17, 15) is 5.11 Å². The number of phenolic OH excluding ortho intramolecular Hbond substituents is 1. The topological polar surface area (TPSA) is 32.6 Å². The van der Waals surface area contributed by atoms with Crippen LogP contribution >= 0.6 is 0 Å². The van der Waals surface area contributed by atoms with E-state index in [2.05, 4.69) is 0 Å². The number of para-hydroxylation sites is 1. The summed E-state index contributed by atoms with van der Waals surface area (Å²) in [4.78, 5) is 4.81. The van der Waals surface area contributed by atoms with E-state index in [-0.39, 0.29) is 0 Å². The number of nitrogens with zero attached hydrogens (tertiary/aromatic N) is 1. The van der Waals surface area contributed by atoms with Gasteiger partial charge in [-0.05, 0) is 43.2 Å². The Morgan fingerprint density at radius 2 is 1.80 bits per heavy atom. The Balaban J connectivity index is 1.73. The molecule has 2 unspecified atom stereocenters. The Hall–Kier alpha value is -1.31. The molecule has 0 aliphatic heterocycles. The van der Waals surface area contributed by atoms with E-state index in [4.69, 9.17) is 4.99 Å². The number of benzene rings is 1. The van der Waals surface area contributed by atoms with Gasteiger partial charge >= 0.3 is 0 Å². The van der Waals surface area contributed by atoms with Gasteiger partial charge in [0, 0.05) is 11.8 Å². The van der Waals surface area contributed by atoms with Gasteiger partial charge in [-0.3, -0.25) is 4.99 Å². The first-order valence-electron chi connectivity index (χ1n) is 8.04. The molecule has 1 N–H and O–H groups in total. The van der Waals surface area contributed by atoms with Gasteiger partial charge < -0.3 is 5.11 Å². The van der Waals surface area contributed by atoms with Crippen molar-refractivity contribution in [1.29, 1.82) is 0 Å². The highest BCUT2D eigenvalue weighted by Gasteiger charge is 2.28. The molecule has 2 heteroatoms. The minimum atomic E-state index is 0.380. The summed E-state index contributed by atoms with van der Waals surface area (Å²) in [6, 6.07) is 6.33. The zero-order valence-corrected chi connectivity index (χ0v) is 12.4. The molecule has 0 amide bonds. The van der Waals surface area contributed by atoms with Crippen LogP contribution in [0.3, 0.4) is 0 Å². The van der Waals surface area contributed by atoms with Crippen LogP contribution in [0.2, 0.25) is 0 Å². The van der Waals surface area contributed by atoms with Gasteiger partial charge in [-0.25, -0.2) is 0 Å². The molecule has 2 nitrogen and oxygen atoms in total. The molecule has 0 heterocycles. The van der Waals surface area contributed by atoms with E-state index in [0.29, 0.717) is 11.8 Å². The van der Waals surface area contributed by atoms with Crippen LogP contribution in [0.1, 0.15) is 56.1 Å². The predicted molar refractivity (Wildman–Crippen MR) is 83.5 cm³/mol. The lowest BCUT2D eigenvalue weighted by molar-refractivity contribution is 0.359. The number of aliphatic imine (C=N–C) groups is 1. The fraction of sp³-hybridized carbons (Fsp3) is 0.611. The molecule has 0 saturated heterocycles. The standard InChI is InChI=1S/C18H25NO/c1-13-4-2-7-16(18(13)20)12-19-17-10-14-5-3-6-15(11-17)9-8-14/h2,4,7,12,14-15,17,20H,3,5-6,8-11H2,1H3. The van der Waals surface area contributed by atoms with Crippen LogP contribution in [0.15, 0.2) is 23.2 Å². The van der Waals surface area contributed by atoms with E-state index < -0.39 is 0 Å². The van der Waals surface area contributed by atoms with Crippen molar-refractivity contribution in [3.05, 3.63) is 29.3 Å². The molecular formula is C18H25NO. The van der Waals surface area contributed by atoms with Crippen molar-refractivity contribution < 1.29 is 5.11 Å². The summed E-state index contributed by atoms with van der Waals surface area (Å²) < 4.78 is 0. The average Bonchev–Trinajstić information content (AvgIpc) is 2.74. The van der Waals surface area contributed by atoms with Gasteiger partial charge in [0.05, 0.1) is 6.04 Å². The van der Waals surface area contributed by atoms with Crippen molar-refractivity contribution >= 4 is 6.21 Å². The first-order chi connectivity index (χ1) is 9.72. The zero-order chi connectivity index (χ0) is 13.9. The fourth-order valence-corrected chi connectivity index (χ4v) is 3.89. The number of fused-ring (bicyclic) bond motifs is 3. The molecular weight excluding hydrogens is 246 g/mol. The third kappa shape index (κ3) is 3.05. The second-order valence-electron chi connectivity index (χ2n) is 6.66. The van der Waals surface area contributed by atoms with E-state index in [0.717, 1.165) is 23.0 Å². The van der Waals surface area contributed by atoms with Gasteiger partial charge in [0.25, 0.3) is 0 Å². The van der Waals surface area contributed by atoms with Gasteiger partial charge in [-0.15, -0.1) is 0 Å². The van der Waals surface area contributed by atoms with Crippen LogP contribution in [0.4, 0.5) is 0 Å². The van der Waals surface area contributed by atoms with Crippen LogP contribution < -0.4 is 0 Å². The summed E-state index contributed by atoms with van der Waals surface area (Å²) >= 11 is 0. The van der Waals surface area contributed by atoms with Crippen molar-refractivity contribution in [2.75, 3.05) is 0 Å². The second-order valence-corrected chi connectivity index (χ2v) is 6.66. The first-order valence-corrected chi connectivity index (χ1v) is 8.04. The van der Waals surface area contributed by atoms with Gasteiger partial charge in [-0.1, -0.05) is 44.2 Å². The number of hydrogen-bond acceptors (Lipinski definition) is 2. The molecule has 1 aromatic rings. The minimum absolute atomic E-state index is 0.380. The Bertz CT molecular complexity index is 480. The summed E-state index contributed by atoms with van der Waals surface area (Å²) in [7, 11) is 0. The van der Waals surface area contributed by atoms with Crippen molar-refractivity contribution in [2.45, 2.75) is 57.9 Å². The maximum atomic E-state index is 10.1. The Morgan fingerprint density at radius 1 is 1.10 bits per heavy atom. The van der Waals surface area contributed by atoms with Crippen LogP contribution in [-0.4, -0.2) is 17.4 Å². The monoisotopic (exact) mass is 271 g/mol. The van der Waals surface area contributed by atoms with Crippen LogP contribution in [0.5, 0.6) is 5.75 Å². The highest BCUT2D eigenvalue weighted by Crippen LogP contribution is 2.38. The second kappa shape index (κ2) is 5.99. The van der Waals surface area contributed by atoms with Crippen LogP contribution in [0, 0.1) is 18.8 Å². The summed E-state index contributed by atoms with van der Waals surface area (Å²) in [6.45, 7) is 1.93. The third-order valence-electron chi connectivity index (χ3n) is 5.11. The highest BCUT2D eigenvalue weighted by molar-refractivity contribution is 5.84. The molecule has 0 radical (unpaired) electrons. The highest BCUT2D eigenvalue weighted by atomic mass is 16.3. The lowest BCUT2D eigenvalue weighted by atomic mass is 9.89. The predicted octanol–water partition coefficient (Wildman–Crippen LogP) is 4.48. The molecule has 3 rings (SSSR count). The van der Waals surface area contributed by atoms with Crippen molar-refractivity contribution in [3.63, 3.8) is 0 Å². The summed E-state index contributed by atoms with van der Waals surface area (Å²) in [6.07, 6.45) is 11.4. The molecule has 2 saturated carbocycles. The zero-order valence-electron chi connectivity index (χ0n) is 12.4. The number of aryl methyl sites for hydroxylation is 1. The molecule has 20 heavy (non-hydrogen) atoms. The molecule has 2 aliphatic carbocycles.